The van der Waals surface area contributed by atoms with Crippen molar-refractivity contribution in [2.45, 2.75) is 55.4 Å². The Kier molecular flexibility index (Phi) is 12.7. The predicted octanol–water partition coefficient (Wildman–Crippen LogP) is 9.66. The number of aromatic nitrogens is 8. The molecule has 0 atom stereocenters. The SMILES string of the molecule is CC.CC.CC.CC.C[n+]1c2nc3[n-]c(nc4nc(nc5[n-]c(nc1-c1ccccc1-2)c1ccccc51)-c1ccccc1-4)c1ccccc31.[Cu+2]. The van der Waals surface area contributed by atoms with E-state index in [9.17, 15) is 0 Å². The van der Waals surface area contributed by atoms with Crippen LogP contribution >= 0.6 is 0 Å². The number of benzene rings is 4. The van der Waals surface area contributed by atoms with Gasteiger partial charge in [-0.15, -0.1) is 0 Å². The molecule has 7 aromatic rings. The summed E-state index contributed by atoms with van der Waals surface area (Å²) in [6, 6.07) is 32.2. The Bertz CT molecular complexity index is 2250. The van der Waals surface area contributed by atoms with Gasteiger partial charge in [-0.2, -0.15) is 0 Å². The summed E-state index contributed by atoms with van der Waals surface area (Å²) < 4.78 is 2.01. The second kappa shape index (κ2) is 16.9. The molecule has 9 rings (SSSR count). The maximum Gasteiger partial charge on any atom is 2.00 e. The molecule has 0 spiro atoms. The number of hydrogen-bond donors (Lipinski definition) is 0. The molecule has 0 amide bonds. The van der Waals surface area contributed by atoms with E-state index in [1.807, 2.05) is 152 Å². The summed E-state index contributed by atoms with van der Waals surface area (Å²) in [4.78, 5) is 35.0. The van der Waals surface area contributed by atoms with Gasteiger partial charge in [-0.3, -0.25) is 4.57 Å². The second-order valence-corrected chi connectivity index (χ2v) is 10.1. The van der Waals surface area contributed by atoms with Gasteiger partial charge in [0.25, 0.3) is 0 Å². The molecular formula is C41H43CuN8+. The van der Waals surface area contributed by atoms with Gasteiger partial charge < -0.3 is 29.9 Å². The van der Waals surface area contributed by atoms with Crippen molar-refractivity contribution in [3.63, 3.8) is 0 Å². The molecule has 8 bridgehead atoms. The minimum Gasteiger partial charge on any atom is -0.357 e. The molecule has 0 N–H and O–H groups in total. The summed E-state index contributed by atoms with van der Waals surface area (Å²) in [5.74, 6) is 2.66. The van der Waals surface area contributed by atoms with E-state index in [4.69, 9.17) is 34.9 Å². The van der Waals surface area contributed by atoms with Crippen LogP contribution in [0.15, 0.2) is 97.1 Å². The van der Waals surface area contributed by atoms with E-state index in [0.29, 0.717) is 34.2 Å². The van der Waals surface area contributed by atoms with Gasteiger partial charge in [-0.05, 0) is 21.5 Å². The topological polar surface area (TPSA) is 96.5 Å². The molecule has 0 aliphatic carbocycles. The van der Waals surface area contributed by atoms with Gasteiger partial charge in [0.15, 0.2) is 0 Å². The molecular weight excluding hydrogens is 668 g/mol. The van der Waals surface area contributed by atoms with Crippen LogP contribution in [0.25, 0.3) is 89.7 Å². The van der Waals surface area contributed by atoms with E-state index in [0.717, 1.165) is 55.4 Å². The summed E-state index contributed by atoms with van der Waals surface area (Å²) in [7, 11) is 1.98. The molecule has 0 saturated carbocycles. The summed E-state index contributed by atoms with van der Waals surface area (Å²) in [5, 5.41) is 3.68. The van der Waals surface area contributed by atoms with E-state index in [-0.39, 0.29) is 17.1 Å². The normalized spacial score (nSPS) is 10.3. The van der Waals surface area contributed by atoms with E-state index in [1.54, 1.807) is 0 Å². The zero-order valence-electron chi connectivity index (χ0n) is 30.1. The van der Waals surface area contributed by atoms with Crippen molar-refractivity contribution in [2.75, 3.05) is 0 Å². The molecule has 0 fully saturated rings. The van der Waals surface area contributed by atoms with Crippen LogP contribution < -0.4 is 14.5 Å². The van der Waals surface area contributed by atoms with Crippen molar-refractivity contribution >= 4 is 44.1 Å². The van der Waals surface area contributed by atoms with Crippen molar-refractivity contribution in [3.05, 3.63) is 97.1 Å². The smallest absolute Gasteiger partial charge is 0.357 e. The van der Waals surface area contributed by atoms with Crippen molar-refractivity contribution in [1.82, 2.24) is 34.9 Å². The molecule has 9 heteroatoms. The summed E-state index contributed by atoms with van der Waals surface area (Å²) in [6.07, 6.45) is 0. The zero-order chi connectivity index (χ0) is 35.1. The van der Waals surface area contributed by atoms with E-state index >= 15 is 0 Å². The van der Waals surface area contributed by atoms with Crippen LogP contribution in [0.1, 0.15) is 55.4 Å². The van der Waals surface area contributed by atoms with Crippen molar-refractivity contribution < 1.29 is 21.6 Å². The minimum atomic E-state index is 0. The second-order valence-electron chi connectivity index (χ2n) is 10.1. The predicted molar refractivity (Wildman–Crippen MR) is 203 cm³/mol. The Morgan fingerprint density at radius 3 is 1.00 bits per heavy atom. The summed E-state index contributed by atoms with van der Waals surface area (Å²) in [5.41, 5.74) is 6.12. The molecule has 3 aromatic heterocycles. The quantitative estimate of drug-likeness (QED) is 0.114. The van der Waals surface area contributed by atoms with E-state index in [1.165, 1.54) is 0 Å². The standard InChI is InChI=1S/C33H19N8.4C2H6.Cu/c1-41-32-24-16-8-9-17-25(24)33(41)40-31-23-15-7-5-13-21(23)29(38-31)36-27-19-11-3-2-10-18(19)26(34-27)35-28-20-12-4-6-14-22(20)30(37-28)39-32;4*1-2;/h2-17H,1H3;4*1-2H3;/q-1;;;;;+2. The Morgan fingerprint density at radius 1 is 0.380 bits per heavy atom. The fraction of sp³-hybridized carbons (Fsp3) is 0.220. The monoisotopic (exact) mass is 710 g/mol. The number of fused-ring (bicyclic) bond motifs is 20. The first kappa shape index (κ1) is 37.6. The maximum absolute atomic E-state index is 5.12. The van der Waals surface area contributed by atoms with E-state index in [2.05, 4.69) is 12.1 Å². The van der Waals surface area contributed by atoms with Crippen LogP contribution in [0.2, 0.25) is 0 Å². The van der Waals surface area contributed by atoms with Gasteiger partial charge in [0.2, 0.25) is 0 Å². The maximum atomic E-state index is 5.12. The fourth-order valence-electron chi connectivity index (χ4n) is 5.80. The van der Waals surface area contributed by atoms with Gasteiger partial charge in [0.05, 0.1) is 18.7 Å². The van der Waals surface area contributed by atoms with Crippen molar-refractivity contribution in [3.8, 4) is 45.6 Å². The molecule has 5 heterocycles. The first-order valence-corrected chi connectivity index (χ1v) is 17.3. The third-order valence-corrected chi connectivity index (χ3v) is 7.75. The first-order chi connectivity index (χ1) is 24.2. The average molecular weight is 711 g/mol. The van der Waals surface area contributed by atoms with Gasteiger partial charge in [0, 0.05) is 44.8 Å². The molecule has 0 saturated heterocycles. The Hall–Kier alpha value is -5.24. The Morgan fingerprint density at radius 2 is 0.660 bits per heavy atom. The van der Waals surface area contributed by atoms with Crippen LogP contribution in [0, 0.1) is 0 Å². The van der Waals surface area contributed by atoms with Gasteiger partial charge >= 0.3 is 17.1 Å². The summed E-state index contributed by atoms with van der Waals surface area (Å²) >= 11 is 0. The number of nitrogens with zero attached hydrogens (tertiary/aromatic N) is 8. The third-order valence-electron chi connectivity index (χ3n) is 7.75. The molecule has 2 aliphatic rings. The summed E-state index contributed by atoms with van der Waals surface area (Å²) in [6.45, 7) is 16.0. The van der Waals surface area contributed by atoms with Crippen LogP contribution in [-0.4, -0.2) is 24.9 Å². The number of rotatable bonds is 0. The molecule has 257 valence electrons. The minimum absolute atomic E-state index is 0. The number of hydrogen-bond acceptors (Lipinski definition) is 5. The van der Waals surface area contributed by atoms with Crippen molar-refractivity contribution in [2.24, 2.45) is 7.05 Å². The van der Waals surface area contributed by atoms with Crippen molar-refractivity contribution in [1.29, 1.82) is 0 Å². The van der Waals surface area contributed by atoms with Gasteiger partial charge in [0.1, 0.15) is 11.6 Å². The zero-order valence-corrected chi connectivity index (χ0v) is 31.1. The van der Waals surface area contributed by atoms with Crippen LogP contribution in [0.3, 0.4) is 0 Å². The fourth-order valence-corrected chi connectivity index (χ4v) is 5.80. The van der Waals surface area contributed by atoms with E-state index < -0.39 is 0 Å². The van der Waals surface area contributed by atoms with Crippen LogP contribution in [-0.2, 0) is 24.1 Å². The Labute approximate surface area is 304 Å². The van der Waals surface area contributed by atoms with Crippen LogP contribution in [0.5, 0.6) is 0 Å². The first-order valence-electron chi connectivity index (χ1n) is 17.3. The van der Waals surface area contributed by atoms with Gasteiger partial charge in [-0.1, -0.05) is 152 Å². The molecule has 4 aromatic carbocycles. The van der Waals surface area contributed by atoms with Crippen LogP contribution in [0.4, 0.5) is 0 Å². The molecule has 0 unspecified atom stereocenters. The largest absolute Gasteiger partial charge is 2.00 e. The molecule has 8 nitrogen and oxygen atoms in total. The third kappa shape index (κ3) is 6.54. The Balaban J connectivity index is 0.000000586. The average Bonchev–Trinajstić information content (AvgIpc) is 3.90. The van der Waals surface area contributed by atoms with Gasteiger partial charge in [-0.25, -0.2) is 4.98 Å². The molecule has 1 radical (unpaired) electrons. The molecule has 50 heavy (non-hydrogen) atoms. The molecule has 2 aliphatic heterocycles.